The van der Waals surface area contributed by atoms with Crippen LogP contribution >= 0.6 is 0 Å². The summed E-state index contributed by atoms with van der Waals surface area (Å²) in [7, 11) is 0. The van der Waals surface area contributed by atoms with Crippen LogP contribution in [0.1, 0.15) is 32.7 Å². The molecule has 14 heavy (non-hydrogen) atoms. The smallest absolute Gasteiger partial charge is 0.305 e. The largest absolute Gasteiger partial charge is 0.481 e. The summed E-state index contributed by atoms with van der Waals surface area (Å²) in [4.78, 5) is 10.7. The van der Waals surface area contributed by atoms with Gasteiger partial charge in [-0.15, -0.1) is 0 Å². The van der Waals surface area contributed by atoms with Gasteiger partial charge in [0, 0.05) is 12.4 Å². The van der Waals surface area contributed by atoms with Crippen LogP contribution in [0.4, 0.5) is 0 Å². The Morgan fingerprint density at radius 2 is 2.36 bits per heavy atom. The minimum Gasteiger partial charge on any atom is -0.481 e. The molecule has 0 aromatic carbocycles. The van der Waals surface area contributed by atoms with Crippen LogP contribution in [-0.4, -0.2) is 20.9 Å². The normalized spacial score (nSPS) is 15.0. The molecule has 0 bridgehead atoms. The second kappa shape index (κ2) is 4.79. The van der Waals surface area contributed by atoms with Crippen LogP contribution in [0.2, 0.25) is 0 Å². The molecule has 0 radical (unpaired) electrons. The lowest BCUT2D eigenvalue weighted by atomic mass is 9.96. The number of carboxylic acids is 1. The van der Waals surface area contributed by atoms with Gasteiger partial charge in [0.15, 0.2) is 0 Å². The van der Waals surface area contributed by atoms with Crippen LogP contribution < -0.4 is 0 Å². The molecule has 1 rings (SSSR count). The van der Waals surface area contributed by atoms with Crippen LogP contribution in [0, 0.1) is 5.92 Å². The highest BCUT2D eigenvalue weighted by Crippen LogP contribution is 2.23. The van der Waals surface area contributed by atoms with Crippen molar-refractivity contribution in [3.05, 3.63) is 18.5 Å². The molecule has 0 aliphatic rings. The van der Waals surface area contributed by atoms with Crippen molar-refractivity contribution in [1.82, 2.24) is 9.78 Å². The molecule has 0 amide bonds. The Morgan fingerprint density at radius 1 is 1.64 bits per heavy atom. The molecular weight excluding hydrogens is 180 g/mol. The van der Waals surface area contributed by atoms with Gasteiger partial charge < -0.3 is 5.11 Å². The van der Waals surface area contributed by atoms with E-state index in [1.165, 1.54) is 0 Å². The first kappa shape index (κ1) is 10.8. The van der Waals surface area contributed by atoms with E-state index in [4.69, 9.17) is 5.11 Å². The van der Waals surface area contributed by atoms with Gasteiger partial charge in [-0.3, -0.25) is 9.48 Å². The number of aliphatic carboxylic acids is 1. The molecule has 1 heterocycles. The third kappa shape index (κ3) is 2.58. The fourth-order valence-electron chi connectivity index (χ4n) is 1.48. The third-order valence-electron chi connectivity index (χ3n) is 2.55. The fraction of sp³-hybridized carbons (Fsp3) is 0.600. The quantitative estimate of drug-likeness (QED) is 0.783. The van der Waals surface area contributed by atoms with Crippen molar-refractivity contribution in [2.45, 2.75) is 32.7 Å². The van der Waals surface area contributed by atoms with Gasteiger partial charge >= 0.3 is 5.97 Å². The molecule has 0 spiro atoms. The molecule has 1 N–H and O–H groups in total. The summed E-state index contributed by atoms with van der Waals surface area (Å²) in [5.74, 6) is -0.447. The maximum Gasteiger partial charge on any atom is 0.305 e. The van der Waals surface area contributed by atoms with Crippen LogP contribution in [-0.2, 0) is 4.79 Å². The number of aromatic nitrogens is 2. The molecule has 0 saturated carbocycles. The Morgan fingerprint density at radius 3 is 2.79 bits per heavy atom. The second-order valence-electron chi connectivity index (χ2n) is 3.54. The molecule has 0 fully saturated rings. The third-order valence-corrected chi connectivity index (χ3v) is 2.55. The topological polar surface area (TPSA) is 55.1 Å². The number of carboxylic acid groups (broad SMARTS) is 1. The Balaban J connectivity index is 2.77. The van der Waals surface area contributed by atoms with E-state index in [-0.39, 0.29) is 12.5 Å². The summed E-state index contributed by atoms with van der Waals surface area (Å²) in [5.41, 5.74) is 0. The lowest BCUT2D eigenvalue weighted by molar-refractivity contribution is -0.138. The summed E-state index contributed by atoms with van der Waals surface area (Å²) in [6.07, 6.45) is 4.59. The molecule has 78 valence electrons. The predicted octanol–water partition coefficient (Wildman–Crippen LogP) is 1.95. The van der Waals surface area contributed by atoms with Crippen molar-refractivity contribution >= 4 is 5.97 Å². The highest BCUT2D eigenvalue weighted by atomic mass is 16.4. The van der Waals surface area contributed by atoms with Crippen LogP contribution in [0.25, 0.3) is 0 Å². The van der Waals surface area contributed by atoms with E-state index in [0.29, 0.717) is 5.92 Å². The summed E-state index contributed by atoms with van der Waals surface area (Å²) >= 11 is 0. The van der Waals surface area contributed by atoms with Crippen LogP contribution in [0.3, 0.4) is 0 Å². The number of nitrogens with zero attached hydrogens (tertiary/aromatic N) is 2. The fourth-order valence-corrected chi connectivity index (χ4v) is 1.48. The van der Waals surface area contributed by atoms with Gasteiger partial charge in [-0.05, 0) is 12.0 Å². The number of hydrogen-bond acceptors (Lipinski definition) is 2. The maximum atomic E-state index is 10.7. The summed E-state index contributed by atoms with van der Waals surface area (Å²) in [6.45, 7) is 4.11. The molecule has 0 aliphatic carbocycles. The van der Waals surface area contributed by atoms with E-state index in [1.807, 2.05) is 12.3 Å². The SMILES string of the molecule is CCC(C)C(CC(=O)O)n1cccn1. The van der Waals surface area contributed by atoms with Gasteiger partial charge in [-0.2, -0.15) is 5.10 Å². The van der Waals surface area contributed by atoms with Gasteiger partial charge in [-0.25, -0.2) is 0 Å². The standard InChI is InChI=1S/C10H16N2O2/c1-3-8(2)9(7-10(13)14)12-6-4-5-11-12/h4-6,8-9H,3,7H2,1-2H3,(H,13,14). The Kier molecular flexibility index (Phi) is 3.68. The van der Waals surface area contributed by atoms with E-state index >= 15 is 0 Å². The zero-order chi connectivity index (χ0) is 10.6. The van der Waals surface area contributed by atoms with Crippen LogP contribution in [0.15, 0.2) is 18.5 Å². The number of hydrogen-bond donors (Lipinski definition) is 1. The zero-order valence-electron chi connectivity index (χ0n) is 8.55. The van der Waals surface area contributed by atoms with Crippen molar-refractivity contribution in [2.75, 3.05) is 0 Å². The average Bonchev–Trinajstić information content (AvgIpc) is 2.65. The van der Waals surface area contributed by atoms with Crippen molar-refractivity contribution in [3.8, 4) is 0 Å². The molecule has 2 unspecified atom stereocenters. The molecule has 1 aromatic heterocycles. The van der Waals surface area contributed by atoms with E-state index in [0.717, 1.165) is 6.42 Å². The molecular formula is C10H16N2O2. The lowest BCUT2D eigenvalue weighted by Gasteiger charge is -2.21. The van der Waals surface area contributed by atoms with E-state index in [1.54, 1.807) is 10.9 Å². The summed E-state index contributed by atoms with van der Waals surface area (Å²) in [5, 5.41) is 12.9. The van der Waals surface area contributed by atoms with Gasteiger partial charge in [-0.1, -0.05) is 20.3 Å². The van der Waals surface area contributed by atoms with Gasteiger partial charge in [0.25, 0.3) is 0 Å². The predicted molar refractivity (Wildman–Crippen MR) is 53.0 cm³/mol. The second-order valence-corrected chi connectivity index (χ2v) is 3.54. The van der Waals surface area contributed by atoms with Gasteiger partial charge in [0.2, 0.25) is 0 Å². The highest BCUT2D eigenvalue weighted by Gasteiger charge is 2.20. The lowest BCUT2D eigenvalue weighted by Crippen LogP contribution is -2.20. The number of rotatable bonds is 5. The molecule has 0 aliphatic heterocycles. The van der Waals surface area contributed by atoms with Crippen molar-refractivity contribution in [2.24, 2.45) is 5.92 Å². The van der Waals surface area contributed by atoms with E-state index in [9.17, 15) is 4.79 Å². The Bertz CT molecular complexity index is 282. The van der Waals surface area contributed by atoms with Gasteiger partial charge in [0.05, 0.1) is 12.5 Å². The van der Waals surface area contributed by atoms with E-state index < -0.39 is 5.97 Å². The average molecular weight is 196 g/mol. The number of carbonyl (C=O) groups is 1. The molecule has 4 heteroatoms. The monoisotopic (exact) mass is 196 g/mol. The van der Waals surface area contributed by atoms with Crippen molar-refractivity contribution in [3.63, 3.8) is 0 Å². The van der Waals surface area contributed by atoms with Gasteiger partial charge in [0.1, 0.15) is 0 Å². The highest BCUT2D eigenvalue weighted by molar-refractivity contribution is 5.67. The maximum absolute atomic E-state index is 10.7. The Labute approximate surface area is 83.5 Å². The first-order chi connectivity index (χ1) is 6.65. The zero-order valence-corrected chi connectivity index (χ0v) is 8.55. The molecule has 2 atom stereocenters. The van der Waals surface area contributed by atoms with E-state index in [2.05, 4.69) is 18.9 Å². The Hall–Kier alpha value is -1.32. The first-order valence-electron chi connectivity index (χ1n) is 4.86. The molecule has 4 nitrogen and oxygen atoms in total. The van der Waals surface area contributed by atoms with Crippen molar-refractivity contribution < 1.29 is 9.90 Å². The molecule has 1 aromatic rings. The summed E-state index contributed by atoms with van der Waals surface area (Å²) in [6, 6.07) is 1.78. The minimum absolute atomic E-state index is 0.0347. The van der Waals surface area contributed by atoms with Crippen LogP contribution in [0.5, 0.6) is 0 Å². The molecule has 0 saturated heterocycles. The first-order valence-corrected chi connectivity index (χ1v) is 4.86. The minimum atomic E-state index is -0.772. The van der Waals surface area contributed by atoms with Crippen molar-refractivity contribution in [1.29, 1.82) is 0 Å². The summed E-state index contributed by atoms with van der Waals surface area (Å²) < 4.78 is 1.74.